The summed E-state index contributed by atoms with van der Waals surface area (Å²) in [5.74, 6) is 0.980. The van der Waals surface area contributed by atoms with Crippen molar-refractivity contribution in [2.24, 2.45) is 13.0 Å². The molecule has 0 aliphatic heterocycles. The lowest BCUT2D eigenvalue weighted by Crippen LogP contribution is -2.26. The fourth-order valence-corrected chi connectivity index (χ4v) is 2.96. The van der Waals surface area contributed by atoms with Gasteiger partial charge in [0.15, 0.2) is 0 Å². The molecule has 1 saturated carbocycles. The van der Waals surface area contributed by atoms with Crippen molar-refractivity contribution >= 4 is 5.69 Å². The molecule has 1 N–H and O–H groups in total. The highest BCUT2D eigenvalue weighted by Crippen LogP contribution is 2.29. The Balaban J connectivity index is 1.84. The van der Waals surface area contributed by atoms with E-state index in [2.05, 4.69) is 30.5 Å². The first kappa shape index (κ1) is 12.5. The fraction of sp³-hybridized carbons (Fsp3) is 0.786. The van der Waals surface area contributed by atoms with Gasteiger partial charge in [-0.05, 0) is 38.5 Å². The van der Waals surface area contributed by atoms with Gasteiger partial charge in [-0.3, -0.25) is 4.68 Å². The van der Waals surface area contributed by atoms with E-state index in [0.29, 0.717) is 6.04 Å². The van der Waals surface area contributed by atoms with Crippen LogP contribution in [-0.2, 0) is 7.05 Å². The second-order valence-corrected chi connectivity index (χ2v) is 5.45. The SMILES string of the molecule is CCCC1CCC(Nc2cn(C)nc2C)CC1. The zero-order valence-electron chi connectivity index (χ0n) is 11.4. The topological polar surface area (TPSA) is 29.9 Å². The predicted octanol–water partition coefficient (Wildman–Crippen LogP) is 3.50. The minimum Gasteiger partial charge on any atom is -0.380 e. The molecule has 3 heteroatoms. The molecule has 0 atom stereocenters. The Kier molecular flexibility index (Phi) is 4.08. The van der Waals surface area contributed by atoms with E-state index in [1.54, 1.807) is 0 Å². The van der Waals surface area contributed by atoms with Crippen LogP contribution in [-0.4, -0.2) is 15.8 Å². The molecular formula is C14H25N3. The minimum atomic E-state index is 0.658. The van der Waals surface area contributed by atoms with Gasteiger partial charge in [-0.2, -0.15) is 5.10 Å². The Hall–Kier alpha value is -0.990. The van der Waals surface area contributed by atoms with Crippen LogP contribution >= 0.6 is 0 Å². The number of anilines is 1. The zero-order chi connectivity index (χ0) is 12.3. The minimum absolute atomic E-state index is 0.658. The molecule has 0 aromatic carbocycles. The molecule has 1 heterocycles. The monoisotopic (exact) mass is 235 g/mol. The highest BCUT2D eigenvalue weighted by molar-refractivity contribution is 5.46. The Morgan fingerprint density at radius 2 is 2.06 bits per heavy atom. The second-order valence-electron chi connectivity index (χ2n) is 5.45. The van der Waals surface area contributed by atoms with E-state index >= 15 is 0 Å². The number of rotatable bonds is 4. The summed E-state index contributed by atoms with van der Waals surface area (Å²) in [4.78, 5) is 0. The van der Waals surface area contributed by atoms with E-state index in [1.807, 2.05) is 11.7 Å². The molecule has 1 fully saturated rings. The van der Waals surface area contributed by atoms with Gasteiger partial charge in [0.25, 0.3) is 0 Å². The molecule has 0 radical (unpaired) electrons. The summed E-state index contributed by atoms with van der Waals surface area (Å²) in [6.45, 7) is 4.37. The summed E-state index contributed by atoms with van der Waals surface area (Å²) < 4.78 is 1.89. The summed E-state index contributed by atoms with van der Waals surface area (Å²) in [7, 11) is 1.98. The van der Waals surface area contributed by atoms with E-state index in [0.717, 1.165) is 11.6 Å². The molecule has 1 aromatic rings. The van der Waals surface area contributed by atoms with Gasteiger partial charge in [0, 0.05) is 19.3 Å². The van der Waals surface area contributed by atoms with Crippen molar-refractivity contribution in [3.8, 4) is 0 Å². The first-order valence-electron chi connectivity index (χ1n) is 6.95. The number of hydrogen-bond acceptors (Lipinski definition) is 2. The van der Waals surface area contributed by atoms with Crippen molar-refractivity contribution in [2.75, 3.05) is 5.32 Å². The maximum atomic E-state index is 4.38. The number of aryl methyl sites for hydroxylation is 2. The van der Waals surface area contributed by atoms with Gasteiger partial charge in [0.05, 0.1) is 11.4 Å². The molecule has 1 aliphatic rings. The molecule has 0 spiro atoms. The smallest absolute Gasteiger partial charge is 0.0825 e. The Labute approximate surface area is 105 Å². The highest BCUT2D eigenvalue weighted by Gasteiger charge is 2.21. The predicted molar refractivity (Wildman–Crippen MR) is 72.2 cm³/mol. The summed E-state index contributed by atoms with van der Waals surface area (Å²) in [6.07, 6.45) is 10.3. The fourth-order valence-electron chi connectivity index (χ4n) is 2.96. The van der Waals surface area contributed by atoms with Crippen LogP contribution in [0.2, 0.25) is 0 Å². The molecule has 0 saturated heterocycles. The molecule has 96 valence electrons. The summed E-state index contributed by atoms with van der Waals surface area (Å²) >= 11 is 0. The van der Waals surface area contributed by atoms with Crippen LogP contribution in [0.3, 0.4) is 0 Å². The van der Waals surface area contributed by atoms with Crippen LogP contribution in [0.4, 0.5) is 5.69 Å². The number of hydrogen-bond donors (Lipinski definition) is 1. The lowest BCUT2D eigenvalue weighted by atomic mass is 9.83. The van der Waals surface area contributed by atoms with Crippen molar-refractivity contribution in [3.63, 3.8) is 0 Å². The van der Waals surface area contributed by atoms with Gasteiger partial charge in [0.1, 0.15) is 0 Å². The number of nitrogens with zero attached hydrogens (tertiary/aromatic N) is 2. The normalized spacial score (nSPS) is 24.9. The molecule has 0 amide bonds. The van der Waals surface area contributed by atoms with Gasteiger partial charge in [-0.25, -0.2) is 0 Å². The molecule has 0 bridgehead atoms. The third-order valence-electron chi connectivity index (χ3n) is 3.92. The Morgan fingerprint density at radius 3 is 2.59 bits per heavy atom. The first-order chi connectivity index (χ1) is 8.19. The van der Waals surface area contributed by atoms with Gasteiger partial charge in [-0.15, -0.1) is 0 Å². The van der Waals surface area contributed by atoms with Crippen molar-refractivity contribution in [2.45, 2.75) is 58.4 Å². The highest BCUT2D eigenvalue weighted by atomic mass is 15.3. The molecule has 1 aliphatic carbocycles. The number of aromatic nitrogens is 2. The van der Waals surface area contributed by atoms with Crippen LogP contribution in [0.1, 0.15) is 51.1 Å². The molecule has 1 aromatic heterocycles. The third-order valence-corrected chi connectivity index (χ3v) is 3.92. The van der Waals surface area contributed by atoms with Crippen molar-refractivity contribution in [3.05, 3.63) is 11.9 Å². The van der Waals surface area contributed by atoms with Crippen LogP contribution in [0.25, 0.3) is 0 Å². The van der Waals surface area contributed by atoms with E-state index in [-0.39, 0.29) is 0 Å². The molecule has 17 heavy (non-hydrogen) atoms. The lowest BCUT2D eigenvalue weighted by Gasteiger charge is -2.29. The maximum absolute atomic E-state index is 4.38. The van der Waals surface area contributed by atoms with Crippen LogP contribution < -0.4 is 5.32 Å². The van der Waals surface area contributed by atoms with Crippen LogP contribution in [0, 0.1) is 12.8 Å². The second kappa shape index (κ2) is 5.56. The Morgan fingerprint density at radius 1 is 1.35 bits per heavy atom. The van der Waals surface area contributed by atoms with Crippen molar-refractivity contribution < 1.29 is 0 Å². The van der Waals surface area contributed by atoms with Crippen molar-refractivity contribution in [1.82, 2.24) is 9.78 Å². The van der Waals surface area contributed by atoms with Gasteiger partial charge >= 0.3 is 0 Å². The summed E-state index contributed by atoms with van der Waals surface area (Å²) in [5.41, 5.74) is 2.33. The molecular weight excluding hydrogens is 210 g/mol. The number of nitrogens with one attached hydrogen (secondary N) is 1. The largest absolute Gasteiger partial charge is 0.380 e. The molecule has 3 nitrogen and oxygen atoms in total. The maximum Gasteiger partial charge on any atom is 0.0825 e. The van der Waals surface area contributed by atoms with E-state index in [1.165, 1.54) is 44.2 Å². The van der Waals surface area contributed by atoms with Crippen LogP contribution in [0.5, 0.6) is 0 Å². The third kappa shape index (κ3) is 3.24. The first-order valence-corrected chi connectivity index (χ1v) is 6.95. The average molecular weight is 235 g/mol. The van der Waals surface area contributed by atoms with E-state index in [9.17, 15) is 0 Å². The summed E-state index contributed by atoms with van der Waals surface area (Å²) in [6, 6.07) is 0.658. The quantitative estimate of drug-likeness (QED) is 0.865. The average Bonchev–Trinajstić information content (AvgIpc) is 2.61. The van der Waals surface area contributed by atoms with E-state index in [4.69, 9.17) is 0 Å². The molecule has 0 unspecified atom stereocenters. The van der Waals surface area contributed by atoms with E-state index < -0.39 is 0 Å². The van der Waals surface area contributed by atoms with Crippen LogP contribution in [0.15, 0.2) is 6.20 Å². The van der Waals surface area contributed by atoms with Gasteiger partial charge in [0.2, 0.25) is 0 Å². The lowest BCUT2D eigenvalue weighted by molar-refractivity contribution is 0.319. The molecule has 2 rings (SSSR count). The summed E-state index contributed by atoms with van der Waals surface area (Å²) in [5, 5.41) is 8.02. The van der Waals surface area contributed by atoms with Gasteiger partial charge < -0.3 is 5.32 Å². The standard InChI is InChI=1S/C14H25N3/c1-4-5-12-6-8-13(9-7-12)15-14-10-17(3)16-11(14)2/h10,12-13,15H,4-9H2,1-3H3. The van der Waals surface area contributed by atoms with Gasteiger partial charge in [-0.1, -0.05) is 19.8 Å². The Bertz CT molecular complexity index is 348. The van der Waals surface area contributed by atoms with Crippen molar-refractivity contribution in [1.29, 1.82) is 0 Å². The zero-order valence-corrected chi connectivity index (χ0v) is 11.4.